The number of rotatable bonds is 5. The smallest absolute Gasteiger partial charge is 0.395 e. The molecule has 0 radical (unpaired) electrons. The Balaban J connectivity index is 1.96. The van der Waals surface area contributed by atoms with Crippen LogP contribution in [-0.2, 0) is 0 Å². The van der Waals surface area contributed by atoms with Gasteiger partial charge in [-0.25, -0.2) is 9.97 Å². The molecule has 170 valence electrons. The van der Waals surface area contributed by atoms with Crippen LogP contribution in [0.2, 0.25) is 0 Å². The zero-order valence-corrected chi connectivity index (χ0v) is 17.7. The second-order valence-corrected chi connectivity index (χ2v) is 7.56. The highest BCUT2D eigenvalue weighted by Crippen LogP contribution is 2.37. The molecule has 1 atom stereocenters. The van der Waals surface area contributed by atoms with Gasteiger partial charge in [0.25, 0.3) is 5.91 Å². The molecular formula is C22H20F3N7O. The first kappa shape index (κ1) is 22.1. The Morgan fingerprint density at radius 1 is 1.15 bits per heavy atom. The maximum Gasteiger partial charge on any atom is 0.408 e. The highest BCUT2D eigenvalue weighted by Gasteiger charge is 2.36. The largest absolute Gasteiger partial charge is 0.408 e. The van der Waals surface area contributed by atoms with Crippen LogP contribution in [0.3, 0.4) is 0 Å². The molecule has 0 saturated heterocycles. The molecule has 0 spiro atoms. The van der Waals surface area contributed by atoms with Crippen LogP contribution in [0.1, 0.15) is 23.0 Å². The van der Waals surface area contributed by atoms with Crippen LogP contribution in [-0.4, -0.2) is 38.3 Å². The fraction of sp³-hybridized carbons (Fsp3) is 0.182. The van der Waals surface area contributed by atoms with Gasteiger partial charge in [0.15, 0.2) is 11.5 Å². The number of hydrogen-bond donors (Lipinski definition) is 4. The molecule has 8 nitrogen and oxygen atoms in total. The lowest BCUT2D eigenvalue weighted by Crippen LogP contribution is -2.33. The van der Waals surface area contributed by atoms with Crippen molar-refractivity contribution in [1.29, 1.82) is 0 Å². The van der Waals surface area contributed by atoms with Gasteiger partial charge in [0.1, 0.15) is 6.04 Å². The van der Waals surface area contributed by atoms with E-state index in [0.29, 0.717) is 10.9 Å². The van der Waals surface area contributed by atoms with Crippen molar-refractivity contribution in [1.82, 2.24) is 20.2 Å². The van der Waals surface area contributed by atoms with Crippen molar-refractivity contribution in [3.05, 3.63) is 53.9 Å². The summed E-state index contributed by atoms with van der Waals surface area (Å²) in [6.07, 6.45) is -2.87. The minimum atomic E-state index is -4.47. The average Bonchev–Trinajstić information content (AvgIpc) is 3.22. The minimum Gasteiger partial charge on any atom is -0.395 e. The van der Waals surface area contributed by atoms with Crippen LogP contribution in [0, 0.1) is 6.92 Å². The number of halogens is 3. The summed E-state index contributed by atoms with van der Waals surface area (Å²) < 4.78 is 39.5. The molecule has 1 amide bonds. The zero-order valence-electron chi connectivity index (χ0n) is 17.7. The van der Waals surface area contributed by atoms with Gasteiger partial charge in [-0.3, -0.25) is 9.89 Å². The standard InChI is InChI=1S/C22H20F3N7O/c1-10-7-8-15-13(9-28-32-15)16(10)18-17(26)19(20(27)33)31-21(30-18)12-5-3-4-6-14(12)29-11(2)22(23,24)25/h3-9,11,29H,26H2,1-2H3,(H2,27,33)(H,28,32). The number of nitrogens with two attached hydrogens (primary N) is 2. The summed E-state index contributed by atoms with van der Waals surface area (Å²) in [6.45, 7) is 2.84. The predicted molar refractivity (Wildman–Crippen MR) is 119 cm³/mol. The number of anilines is 2. The lowest BCUT2D eigenvalue weighted by molar-refractivity contribution is -0.138. The summed E-state index contributed by atoms with van der Waals surface area (Å²) in [5, 5.41) is 10.1. The number of alkyl halides is 3. The van der Waals surface area contributed by atoms with Crippen molar-refractivity contribution < 1.29 is 18.0 Å². The number of amides is 1. The maximum absolute atomic E-state index is 13.2. The summed E-state index contributed by atoms with van der Waals surface area (Å²) in [7, 11) is 0. The second kappa shape index (κ2) is 8.08. The van der Waals surface area contributed by atoms with Gasteiger partial charge in [0.2, 0.25) is 0 Å². The maximum atomic E-state index is 13.2. The van der Waals surface area contributed by atoms with Gasteiger partial charge in [-0.15, -0.1) is 0 Å². The van der Waals surface area contributed by atoms with E-state index in [4.69, 9.17) is 11.5 Å². The van der Waals surface area contributed by atoms with Crippen molar-refractivity contribution in [2.45, 2.75) is 26.1 Å². The molecule has 2 heterocycles. The first-order chi connectivity index (χ1) is 15.6. The number of nitrogens with one attached hydrogen (secondary N) is 2. The van der Waals surface area contributed by atoms with E-state index in [-0.39, 0.29) is 34.2 Å². The van der Waals surface area contributed by atoms with E-state index in [1.807, 2.05) is 19.1 Å². The van der Waals surface area contributed by atoms with E-state index in [9.17, 15) is 18.0 Å². The van der Waals surface area contributed by atoms with Gasteiger partial charge in [0.05, 0.1) is 23.1 Å². The van der Waals surface area contributed by atoms with Crippen LogP contribution in [0.5, 0.6) is 0 Å². The van der Waals surface area contributed by atoms with Crippen molar-refractivity contribution in [2.75, 3.05) is 11.1 Å². The predicted octanol–water partition coefficient (Wildman–Crippen LogP) is 4.04. The van der Waals surface area contributed by atoms with Crippen molar-refractivity contribution in [3.63, 3.8) is 0 Å². The molecule has 2 aromatic carbocycles. The molecule has 11 heteroatoms. The normalized spacial score (nSPS) is 12.6. The number of para-hydroxylation sites is 1. The SMILES string of the molecule is Cc1ccc2[nH]ncc2c1-c1nc(-c2ccccc2NC(C)C(F)(F)F)nc(C(N)=O)c1N. The fourth-order valence-corrected chi connectivity index (χ4v) is 3.53. The van der Waals surface area contributed by atoms with Crippen LogP contribution in [0.25, 0.3) is 33.5 Å². The Labute approximate surface area is 186 Å². The summed E-state index contributed by atoms with van der Waals surface area (Å²) in [6, 6.07) is 8.08. The molecule has 4 rings (SSSR count). The first-order valence-electron chi connectivity index (χ1n) is 9.91. The summed E-state index contributed by atoms with van der Waals surface area (Å²) in [4.78, 5) is 20.9. The van der Waals surface area contributed by atoms with E-state index >= 15 is 0 Å². The zero-order chi connectivity index (χ0) is 23.9. The Bertz CT molecular complexity index is 1360. The molecule has 0 aliphatic carbocycles. The van der Waals surface area contributed by atoms with E-state index in [1.54, 1.807) is 24.4 Å². The quantitative estimate of drug-likeness (QED) is 0.359. The number of aromatic nitrogens is 4. The lowest BCUT2D eigenvalue weighted by atomic mass is 9.99. The number of nitrogen functional groups attached to an aromatic ring is 1. The molecule has 6 N–H and O–H groups in total. The summed E-state index contributed by atoms with van der Waals surface area (Å²) >= 11 is 0. The van der Waals surface area contributed by atoms with Crippen molar-refractivity contribution in [2.24, 2.45) is 5.73 Å². The van der Waals surface area contributed by atoms with E-state index in [1.165, 1.54) is 6.07 Å². The fourth-order valence-electron chi connectivity index (χ4n) is 3.53. The van der Waals surface area contributed by atoms with Crippen LogP contribution in [0.15, 0.2) is 42.6 Å². The number of carbonyl (C=O) groups excluding carboxylic acids is 1. The number of benzene rings is 2. The van der Waals surface area contributed by atoms with Gasteiger partial charge in [-0.05, 0) is 37.6 Å². The van der Waals surface area contributed by atoms with Crippen molar-refractivity contribution in [3.8, 4) is 22.6 Å². The number of fused-ring (bicyclic) bond motifs is 1. The topological polar surface area (TPSA) is 136 Å². The summed E-state index contributed by atoms with van der Waals surface area (Å²) in [5.41, 5.74) is 14.3. The number of primary amides is 1. The van der Waals surface area contributed by atoms with E-state index < -0.39 is 18.1 Å². The van der Waals surface area contributed by atoms with Gasteiger partial charge < -0.3 is 16.8 Å². The van der Waals surface area contributed by atoms with Gasteiger partial charge in [0, 0.05) is 22.2 Å². The molecule has 0 saturated carbocycles. The molecule has 0 aliphatic heterocycles. The highest BCUT2D eigenvalue weighted by atomic mass is 19.4. The molecule has 1 unspecified atom stereocenters. The number of aromatic amines is 1. The van der Waals surface area contributed by atoms with E-state index in [0.717, 1.165) is 18.0 Å². The minimum absolute atomic E-state index is 0.00497. The third-order valence-corrected chi connectivity index (χ3v) is 5.28. The molecule has 0 fully saturated rings. The first-order valence-corrected chi connectivity index (χ1v) is 9.91. The molecule has 2 aromatic heterocycles. The molecule has 0 aliphatic rings. The van der Waals surface area contributed by atoms with Gasteiger partial charge in [-0.2, -0.15) is 18.3 Å². The number of carbonyl (C=O) groups is 1. The number of hydrogen-bond acceptors (Lipinski definition) is 6. The van der Waals surface area contributed by atoms with Gasteiger partial charge >= 0.3 is 6.18 Å². The van der Waals surface area contributed by atoms with Crippen molar-refractivity contribution >= 4 is 28.2 Å². The Kier molecular flexibility index (Phi) is 5.40. The monoisotopic (exact) mass is 455 g/mol. The Hall–Kier alpha value is -4.15. The van der Waals surface area contributed by atoms with Crippen LogP contribution >= 0.6 is 0 Å². The Morgan fingerprint density at radius 3 is 2.58 bits per heavy atom. The number of nitrogens with zero attached hydrogens (tertiary/aromatic N) is 3. The van der Waals surface area contributed by atoms with E-state index in [2.05, 4.69) is 25.5 Å². The molecule has 0 bridgehead atoms. The second-order valence-electron chi connectivity index (χ2n) is 7.56. The highest BCUT2D eigenvalue weighted by molar-refractivity contribution is 6.04. The van der Waals surface area contributed by atoms with Crippen LogP contribution in [0.4, 0.5) is 24.5 Å². The molecule has 4 aromatic rings. The summed E-state index contributed by atoms with van der Waals surface area (Å²) in [5.74, 6) is -0.881. The lowest BCUT2D eigenvalue weighted by Gasteiger charge is -2.20. The molecular weight excluding hydrogens is 435 g/mol. The average molecular weight is 455 g/mol. The molecule has 33 heavy (non-hydrogen) atoms. The van der Waals surface area contributed by atoms with Gasteiger partial charge in [-0.1, -0.05) is 18.2 Å². The number of H-pyrrole nitrogens is 1. The third-order valence-electron chi connectivity index (χ3n) is 5.28. The third kappa shape index (κ3) is 4.04. The number of aryl methyl sites for hydroxylation is 1. The van der Waals surface area contributed by atoms with Crippen LogP contribution < -0.4 is 16.8 Å². The Morgan fingerprint density at radius 2 is 1.88 bits per heavy atom.